The number of hydrogen-bond acceptors (Lipinski definition) is 6. The number of carbonyl (C=O) groups excluding carboxylic acids is 1. The van der Waals surface area contributed by atoms with Crippen molar-refractivity contribution in [2.75, 3.05) is 0 Å². The third-order valence-electron chi connectivity index (χ3n) is 7.60. The van der Waals surface area contributed by atoms with E-state index in [0.717, 1.165) is 48.8 Å². The summed E-state index contributed by atoms with van der Waals surface area (Å²) in [5, 5.41) is 23.0. The molecule has 2 aliphatic heterocycles. The van der Waals surface area contributed by atoms with Crippen molar-refractivity contribution < 1.29 is 29.2 Å². The van der Waals surface area contributed by atoms with Crippen LogP contribution in [0.25, 0.3) is 0 Å². The molecule has 2 spiro atoms. The molecule has 0 radical (unpaired) electrons. The van der Waals surface area contributed by atoms with Crippen LogP contribution in [0.1, 0.15) is 68.6 Å². The van der Waals surface area contributed by atoms with E-state index in [2.05, 4.69) is 17.9 Å². The van der Waals surface area contributed by atoms with Crippen LogP contribution in [0.2, 0.25) is 0 Å². The highest BCUT2D eigenvalue weighted by molar-refractivity contribution is 5.74. The van der Waals surface area contributed by atoms with Crippen LogP contribution in [-0.4, -0.2) is 56.6 Å². The van der Waals surface area contributed by atoms with Gasteiger partial charge in [-0.15, -0.1) is 5.92 Å². The van der Waals surface area contributed by atoms with Crippen molar-refractivity contribution in [3.8, 4) is 11.8 Å². The Kier molecular flexibility index (Phi) is 5.49. The SMILES string of the molecule is CC#C[C@]1(O)N(Cc2cc(C)cc(C)c2)C(=O)O[C@@]12C[C@@H](O)C1OC3(CCCCC3)O[C@@H]1C2. The van der Waals surface area contributed by atoms with Crippen molar-refractivity contribution in [1.29, 1.82) is 0 Å². The number of rotatable bonds is 2. The lowest BCUT2D eigenvalue weighted by atomic mass is 9.73. The predicted octanol–water partition coefficient (Wildman–Crippen LogP) is 3.31. The maximum absolute atomic E-state index is 13.1. The van der Waals surface area contributed by atoms with Crippen LogP contribution in [0.5, 0.6) is 0 Å². The highest BCUT2D eigenvalue weighted by Crippen LogP contribution is 2.53. The maximum Gasteiger partial charge on any atom is 0.414 e. The van der Waals surface area contributed by atoms with E-state index in [1.807, 2.05) is 26.0 Å². The standard InChI is InChI=1S/C26H33NO6/c1-4-8-26(30)24(33-23(29)27(26)16-19-12-17(2)11-18(3)13-19)14-20(28)22-21(15-24)31-25(32-22)9-6-5-7-10-25/h11-13,20-22,28,30H,5-7,9-10,14-16H2,1-3H3/t20-,21-,22?,24-,26-/m1/s1. The Morgan fingerprint density at radius 1 is 1.09 bits per heavy atom. The average molecular weight is 456 g/mol. The van der Waals surface area contributed by atoms with Gasteiger partial charge in [-0.25, -0.2) is 4.79 Å². The zero-order chi connectivity index (χ0) is 23.4. The first-order chi connectivity index (χ1) is 15.7. The molecule has 0 aromatic heterocycles. The van der Waals surface area contributed by atoms with E-state index in [4.69, 9.17) is 14.2 Å². The second-order valence-electron chi connectivity index (χ2n) is 10.2. The van der Waals surface area contributed by atoms with Gasteiger partial charge in [-0.3, -0.25) is 4.90 Å². The largest absolute Gasteiger partial charge is 0.436 e. The lowest BCUT2D eigenvalue weighted by molar-refractivity contribution is -0.198. The van der Waals surface area contributed by atoms with Gasteiger partial charge in [0.1, 0.15) is 6.10 Å². The van der Waals surface area contributed by atoms with Crippen molar-refractivity contribution in [3.63, 3.8) is 0 Å². The molecule has 1 unspecified atom stereocenters. The summed E-state index contributed by atoms with van der Waals surface area (Å²) in [5.41, 5.74) is -0.275. The Morgan fingerprint density at radius 3 is 2.45 bits per heavy atom. The topological polar surface area (TPSA) is 88.5 Å². The molecule has 2 saturated carbocycles. The first-order valence-electron chi connectivity index (χ1n) is 12.0. The minimum Gasteiger partial charge on any atom is -0.436 e. The molecule has 4 aliphatic rings. The van der Waals surface area contributed by atoms with Gasteiger partial charge in [0.15, 0.2) is 11.4 Å². The summed E-state index contributed by atoms with van der Waals surface area (Å²) < 4.78 is 18.6. The van der Waals surface area contributed by atoms with E-state index in [1.54, 1.807) is 6.92 Å². The number of benzene rings is 1. The highest BCUT2D eigenvalue weighted by Gasteiger charge is 2.70. The zero-order valence-corrected chi connectivity index (χ0v) is 19.6. The molecule has 2 aliphatic carbocycles. The molecule has 1 aromatic rings. The second kappa shape index (κ2) is 7.99. The van der Waals surface area contributed by atoms with Gasteiger partial charge >= 0.3 is 6.09 Å². The highest BCUT2D eigenvalue weighted by atomic mass is 16.8. The molecule has 178 valence electrons. The quantitative estimate of drug-likeness (QED) is 0.666. The summed E-state index contributed by atoms with van der Waals surface area (Å²) in [6.45, 7) is 5.76. The molecule has 2 heterocycles. The number of aliphatic hydroxyl groups is 2. The lowest BCUT2D eigenvalue weighted by Crippen LogP contribution is -2.64. The van der Waals surface area contributed by atoms with Crippen LogP contribution < -0.4 is 0 Å². The number of nitrogens with zero attached hydrogens (tertiary/aromatic N) is 1. The van der Waals surface area contributed by atoms with Gasteiger partial charge in [0.2, 0.25) is 5.72 Å². The minimum atomic E-state index is -1.89. The number of amides is 1. The fourth-order valence-corrected chi connectivity index (χ4v) is 6.28. The molecule has 5 atom stereocenters. The minimum absolute atomic E-state index is 0.0356. The smallest absolute Gasteiger partial charge is 0.414 e. The van der Waals surface area contributed by atoms with Crippen LogP contribution in [0.4, 0.5) is 4.79 Å². The summed E-state index contributed by atoms with van der Waals surface area (Å²) in [5.74, 6) is 4.96. The lowest BCUT2D eigenvalue weighted by Gasteiger charge is -2.45. The summed E-state index contributed by atoms with van der Waals surface area (Å²) in [6.07, 6.45) is 2.45. The van der Waals surface area contributed by atoms with Crippen LogP contribution >= 0.6 is 0 Å². The molecular formula is C26H33NO6. The van der Waals surface area contributed by atoms with E-state index >= 15 is 0 Å². The zero-order valence-electron chi connectivity index (χ0n) is 19.6. The van der Waals surface area contributed by atoms with Crippen molar-refractivity contribution in [3.05, 3.63) is 34.9 Å². The Balaban J connectivity index is 1.47. The van der Waals surface area contributed by atoms with E-state index in [-0.39, 0.29) is 19.4 Å². The molecule has 7 heteroatoms. The van der Waals surface area contributed by atoms with Crippen LogP contribution in [0.15, 0.2) is 18.2 Å². The normalized spacial score (nSPS) is 37.1. The molecule has 2 saturated heterocycles. The first kappa shape index (κ1) is 22.7. The van der Waals surface area contributed by atoms with E-state index in [1.165, 1.54) is 4.90 Å². The number of ether oxygens (including phenoxy) is 3. The Morgan fingerprint density at radius 2 is 1.79 bits per heavy atom. The van der Waals surface area contributed by atoms with Crippen molar-refractivity contribution in [2.45, 2.75) is 108 Å². The van der Waals surface area contributed by atoms with Crippen LogP contribution in [-0.2, 0) is 20.8 Å². The van der Waals surface area contributed by atoms with Crippen LogP contribution in [0.3, 0.4) is 0 Å². The molecule has 0 bridgehead atoms. The number of hydrogen-bond donors (Lipinski definition) is 2. The molecule has 5 rings (SSSR count). The second-order valence-corrected chi connectivity index (χ2v) is 10.2. The molecule has 1 aromatic carbocycles. The average Bonchev–Trinajstić information content (AvgIpc) is 3.17. The summed E-state index contributed by atoms with van der Waals surface area (Å²) in [7, 11) is 0. The summed E-state index contributed by atoms with van der Waals surface area (Å²) >= 11 is 0. The van der Waals surface area contributed by atoms with Crippen molar-refractivity contribution in [1.82, 2.24) is 4.90 Å². The van der Waals surface area contributed by atoms with Crippen LogP contribution in [0, 0.1) is 25.7 Å². The van der Waals surface area contributed by atoms with Crippen molar-refractivity contribution in [2.24, 2.45) is 0 Å². The van der Waals surface area contributed by atoms with Gasteiger partial charge < -0.3 is 24.4 Å². The van der Waals surface area contributed by atoms with Gasteiger partial charge in [0, 0.05) is 25.7 Å². The van der Waals surface area contributed by atoms with Gasteiger partial charge in [-0.1, -0.05) is 35.7 Å². The molecule has 2 N–H and O–H groups in total. The fourth-order valence-electron chi connectivity index (χ4n) is 6.28. The summed E-state index contributed by atoms with van der Waals surface area (Å²) in [4.78, 5) is 14.4. The summed E-state index contributed by atoms with van der Waals surface area (Å²) in [6, 6.07) is 6.02. The van der Waals surface area contributed by atoms with Crippen molar-refractivity contribution >= 4 is 6.09 Å². The number of fused-ring (bicyclic) bond motifs is 1. The predicted molar refractivity (Wildman–Crippen MR) is 120 cm³/mol. The molecule has 33 heavy (non-hydrogen) atoms. The molecular weight excluding hydrogens is 422 g/mol. The van der Waals surface area contributed by atoms with E-state index in [9.17, 15) is 15.0 Å². The molecule has 4 fully saturated rings. The van der Waals surface area contributed by atoms with Gasteiger partial charge in [0.05, 0.1) is 18.8 Å². The Hall–Kier alpha value is -2.11. The third-order valence-corrected chi connectivity index (χ3v) is 7.60. The fraction of sp³-hybridized carbons (Fsp3) is 0.654. The third kappa shape index (κ3) is 3.64. The molecule has 7 nitrogen and oxygen atoms in total. The number of carbonyl (C=O) groups is 1. The Bertz CT molecular complexity index is 988. The Labute approximate surface area is 195 Å². The first-order valence-corrected chi connectivity index (χ1v) is 12.0. The monoisotopic (exact) mass is 455 g/mol. The maximum atomic E-state index is 13.1. The van der Waals surface area contributed by atoms with E-state index < -0.39 is 41.5 Å². The molecule has 1 amide bonds. The van der Waals surface area contributed by atoms with Gasteiger partial charge in [0.25, 0.3) is 0 Å². The number of aliphatic hydroxyl groups excluding tert-OH is 1. The number of aryl methyl sites for hydroxylation is 2. The van der Waals surface area contributed by atoms with E-state index in [0.29, 0.717) is 0 Å². The van der Waals surface area contributed by atoms with Gasteiger partial charge in [-0.05, 0) is 45.1 Å². The van der Waals surface area contributed by atoms with Gasteiger partial charge in [-0.2, -0.15) is 0 Å².